The summed E-state index contributed by atoms with van der Waals surface area (Å²) in [5.41, 5.74) is -0.0221. The maximum absolute atomic E-state index is 14.0. The first-order valence-corrected chi connectivity index (χ1v) is 13.2. The Labute approximate surface area is 187 Å². The van der Waals surface area contributed by atoms with Crippen LogP contribution in [0.2, 0.25) is 0 Å². The minimum atomic E-state index is -0.448. The molecule has 4 nitrogen and oxygen atoms in total. The number of ketones is 1. The molecule has 1 spiro atoms. The molecule has 0 radical (unpaired) electrons. The van der Waals surface area contributed by atoms with Gasteiger partial charge in [-0.25, -0.2) is 0 Å². The minimum absolute atomic E-state index is 0.131. The van der Waals surface area contributed by atoms with Gasteiger partial charge >= 0.3 is 0 Å². The van der Waals surface area contributed by atoms with Crippen molar-refractivity contribution < 1.29 is 19.4 Å². The van der Waals surface area contributed by atoms with Crippen LogP contribution in [0, 0.1) is 52.3 Å². The molecule has 0 aromatic carbocycles. The molecule has 4 aliphatic carbocycles. The summed E-state index contributed by atoms with van der Waals surface area (Å²) in [4.78, 5) is 14.0. The van der Waals surface area contributed by atoms with Crippen LogP contribution in [0.4, 0.5) is 0 Å². The van der Waals surface area contributed by atoms with E-state index in [4.69, 9.17) is 9.47 Å². The lowest BCUT2D eigenvalue weighted by atomic mass is 9.44. The predicted molar refractivity (Wildman–Crippen MR) is 118 cm³/mol. The van der Waals surface area contributed by atoms with Crippen molar-refractivity contribution in [3.05, 3.63) is 0 Å². The van der Waals surface area contributed by atoms with E-state index in [0.29, 0.717) is 41.3 Å². The summed E-state index contributed by atoms with van der Waals surface area (Å²) in [6, 6.07) is 0. The number of aliphatic hydroxyl groups excluding tert-OH is 1. The van der Waals surface area contributed by atoms with E-state index in [2.05, 4.69) is 27.7 Å². The number of hydrogen-bond donors (Lipinski definition) is 1. The normalized spacial score (nSPS) is 60.9. The highest BCUT2D eigenvalue weighted by molar-refractivity contribution is 5.87. The van der Waals surface area contributed by atoms with Gasteiger partial charge in [0.1, 0.15) is 5.78 Å². The Kier molecular flexibility index (Phi) is 4.62. The molecule has 6 aliphatic rings. The van der Waals surface area contributed by atoms with Gasteiger partial charge in [0, 0.05) is 30.1 Å². The molecule has 2 saturated heterocycles. The van der Waals surface area contributed by atoms with Crippen molar-refractivity contribution in [1.29, 1.82) is 0 Å². The Morgan fingerprint density at radius 3 is 2.55 bits per heavy atom. The number of fused-ring (bicyclic) bond motifs is 7. The first kappa shape index (κ1) is 21.1. The Bertz CT molecular complexity index is 756. The summed E-state index contributed by atoms with van der Waals surface area (Å²) in [6.45, 7) is 10.1. The van der Waals surface area contributed by atoms with Gasteiger partial charge in [-0.15, -0.1) is 0 Å². The monoisotopic (exact) mass is 430 g/mol. The van der Waals surface area contributed by atoms with Crippen molar-refractivity contribution in [2.75, 3.05) is 6.61 Å². The maximum Gasteiger partial charge on any atom is 0.171 e. The Balaban J connectivity index is 1.30. The van der Waals surface area contributed by atoms with Crippen LogP contribution in [-0.4, -0.2) is 35.5 Å². The summed E-state index contributed by atoms with van der Waals surface area (Å²) in [5, 5.41) is 10.3. The lowest BCUT2D eigenvalue weighted by molar-refractivity contribution is -0.272. The van der Waals surface area contributed by atoms with Crippen molar-refractivity contribution >= 4 is 5.78 Å². The van der Waals surface area contributed by atoms with Gasteiger partial charge in [0.05, 0.1) is 18.8 Å². The van der Waals surface area contributed by atoms with Crippen LogP contribution >= 0.6 is 0 Å². The zero-order valence-corrected chi connectivity index (χ0v) is 19.9. The smallest absolute Gasteiger partial charge is 0.171 e. The predicted octanol–water partition coefficient (Wildman–Crippen LogP) is 4.97. The fourth-order valence-corrected chi connectivity index (χ4v) is 9.93. The fourth-order valence-electron chi connectivity index (χ4n) is 9.93. The molecule has 31 heavy (non-hydrogen) atoms. The average Bonchev–Trinajstić information content (AvgIpc) is 3.18. The van der Waals surface area contributed by atoms with E-state index in [9.17, 15) is 9.90 Å². The van der Waals surface area contributed by atoms with Crippen LogP contribution in [-0.2, 0) is 14.3 Å². The molecule has 0 aromatic heterocycles. The summed E-state index contributed by atoms with van der Waals surface area (Å²) >= 11 is 0. The number of carbonyl (C=O) groups excluding carboxylic acids is 1. The molecule has 0 bridgehead atoms. The van der Waals surface area contributed by atoms with Gasteiger partial charge in [-0.05, 0) is 80.0 Å². The zero-order valence-electron chi connectivity index (χ0n) is 19.9. The van der Waals surface area contributed by atoms with Crippen LogP contribution in [0.1, 0.15) is 85.5 Å². The topological polar surface area (TPSA) is 55.8 Å². The third kappa shape index (κ3) is 2.68. The number of aliphatic hydroxyl groups is 1. The van der Waals surface area contributed by atoms with E-state index in [0.717, 1.165) is 51.6 Å². The SMILES string of the molecule is C[C@@H]1CC[C@@]2(OC1)O[C@H]1C[C@H]3[C@@H]4CC[C@@H]5C[C@@H](O)CC[C@]5(C)[C@@H]4CC(=O)[C@]3(C)[C@H]1[C@@H]2C. The summed E-state index contributed by atoms with van der Waals surface area (Å²) in [6.07, 6.45) is 9.39. The van der Waals surface area contributed by atoms with Gasteiger partial charge in [0.25, 0.3) is 0 Å². The first-order valence-electron chi connectivity index (χ1n) is 13.2. The minimum Gasteiger partial charge on any atom is -0.393 e. The van der Waals surface area contributed by atoms with Gasteiger partial charge in [0.15, 0.2) is 5.79 Å². The molecule has 1 N–H and O–H groups in total. The Morgan fingerprint density at radius 2 is 1.81 bits per heavy atom. The van der Waals surface area contributed by atoms with Gasteiger partial charge in [-0.3, -0.25) is 4.79 Å². The lowest BCUT2D eigenvalue weighted by Gasteiger charge is -2.60. The molecule has 12 atom stereocenters. The summed E-state index contributed by atoms with van der Waals surface area (Å²) in [5.74, 6) is 3.45. The molecular formula is C27H42O4. The average molecular weight is 431 g/mol. The van der Waals surface area contributed by atoms with Crippen molar-refractivity contribution in [3.63, 3.8) is 0 Å². The number of hydrogen-bond acceptors (Lipinski definition) is 4. The molecule has 0 aromatic rings. The maximum atomic E-state index is 14.0. The van der Waals surface area contributed by atoms with E-state index < -0.39 is 5.79 Å². The lowest BCUT2D eigenvalue weighted by Crippen LogP contribution is -2.58. The fraction of sp³-hybridized carbons (Fsp3) is 0.963. The number of Topliss-reactive ketones (excluding diaryl/α,β-unsaturated/α-hetero) is 1. The third-order valence-corrected chi connectivity index (χ3v) is 11.8. The van der Waals surface area contributed by atoms with Gasteiger partial charge in [-0.2, -0.15) is 0 Å². The first-order chi connectivity index (χ1) is 14.7. The second-order valence-electron chi connectivity index (χ2n) is 13.0. The van der Waals surface area contributed by atoms with E-state index >= 15 is 0 Å². The highest BCUT2D eigenvalue weighted by atomic mass is 16.7. The number of carbonyl (C=O) groups is 1. The standard InChI is InChI=1S/C27H42O4/c1-15-7-10-27(30-14-15)16(2)24-22(31-27)12-21-19-6-5-17-11-18(28)8-9-25(17,3)20(19)13-23(29)26(21,24)4/h15-22,24,28H,5-14H2,1-4H3/t15-,16+,17-,18+,19-,20-,21+,22+,24+,25+,26-,27-/m1/s1. The van der Waals surface area contributed by atoms with E-state index in [1.54, 1.807) is 0 Å². The molecule has 6 rings (SSSR count). The molecular weight excluding hydrogens is 388 g/mol. The summed E-state index contributed by atoms with van der Waals surface area (Å²) < 4.78 is 13.2. The van der Waals surface area contributed by atoms with Gasteiger partial charge in [-0.1, -0.05) is 27.7 Å². The quantitative estimate of drug-likeness (QED) is 0.589. The van der Waals surface area contributed by atoms with Crippen molar-refractivity contribution in [1.82, 2.24) is 0 Å². The van der Waals surface area contributed by atoms with Crippen LogP contribution in [0.15, 0.2) is 0 Å². The molecule has 2 heterocycles. The molecule has 0 amide bonds. The largest absolute Gasteiger partial charge is 0.393 e. The van der Waals surface area contributed by atoms with Crippen LogP contribution in [0.25, 0.3) is 0 Å². The molecule has 4 saturated carbocycles. The molecule has 4 heteroatoms. The zero-order chi connectivity index (χ0) is 21.8. The molecule has 2 aliphatic heterocycles. The molecule has 6 fully saturated rings. The highest BCUT2D eigenvalue weighted by Crippen LogP contribution is 2.70. The van der Waals surface area contributed by atoms with E-state index in [-0.39, 0.29) is 29.0 Å². The van der Waals surface area contributed by atoms with E-state index in [1.165, 1.54) is 12.8 Å². The van der Waals surface area contributed by atoms with Gasteiger partial charge in [0.2, 0.25) is 0 Å². The molecule has 174 valence electrons. The third-order valence-electron chi connectivity index (χ3n) is 11.8. The van der Waals surface area contributed by atoms with Crippen LogP contribution < -0.4 is 0 Å². The Hall–Kier alpha value is -0.450. The van der Waals surface area contributed by atoms with E-state index in [1.807, 2.05) is 0 Å². The van der Waals surface area contributed by atoms with Crippen LogP contribution in [0.3, 0.4) is 0 Å². The Morgan fingerprint density at radius 1 is 1.00 bits per heavy atom. The van der Waals surface area contributed by atoms with Gasteiger partial charge < -0.3 is 14.6 Å². The number of ether oxygens (including phenoxy) is 2. The molecule has 0 unspecified atom stereocenters. The van der Waals surface area contributed by atoms with Crippen molar-refractivity contribution in [2.24, 2.45) is 52.3 Å². The van der Waals surface area contributed by atoms with Crippen molar-refractivity contribution in [2.45, 2.75) is 103 Å². The number of rotatable bonds is 0. The second kappa shape index (κ2) is 6.79. The summed E-state index contributed by atoms with van der Waals surface area (Å²) in [7, 11) is 0. The van der Waals surface area contributed by atoms with Crippen molar-refractivity contribution in [3.8, 4) is 0 Å². The second-order valence-corrected chi connectivity index (χ2v) is 13.0. The highest BCUT2D eigenvalue weighted by Gasteiger charge is 2.71. The van der Waals surface area contributed by atoms with Crippen LogP contribution in [0.5, 0.6) is 0 Å².